The van der Waals surface area contributed by atoms with Crippen LogP contribution in [0.4, 0.5) is 5.69 Å². The molecule has 0 bridgehead atoms. The Labute approximate surface area is 109 Å². The summed E-state index contributed by atoms with van der Waals surface area (Å²) in [5.74, 6) is -0.0725. The van der Waals surface area contributed by atoms with Gasteiger partial charge in [-0.25, -0.2) is 0 Å². The highest BCUT2D eigenvalue weighted by Gasteiger charge is 2.06. The molecule has 3 nitrogen and oxygen atoms in total. The van der Waals surface area contributed by atoms with Gasteiger partial charge >= 0.3 is 0 Å². The van der Waals surface area contributed by atoms with E-state index in [4.69, 9.17) is 11.6 Å². The number of hydrogen-bond donors (Lipinski definition) is 2. The molecule has 0 saturated carbocycles. The molecule has 0 radical (unpaired) electrons. The van der Waals surface area contributed by atoms with E-state index in [9.17, 15) is 4.79 Å². The lowest BCUT2D eigenvalue weighted by atomic mass is 10.3. The van der Waals surface area contributed by atoms with Crippen molar-refractivity contribution in [2.24, 2.45) is 0 Å². The SMILES string of the molecule is CC(C)NCC(=O)Nc1ccc(Cl)cc1Br. The maximum Gasteiger partial charge on any atom is 0.238 e. The molecule has 0 aliphatic heterocycles. The van der Waals surface area contributed by atoms with Gasteiger partial charge in [-0.05, 0) is 34.1 Å². The van der Waals surface area contributed by atoms with Gasteiger partial charge in [-0.2, -0.15) is 0 Å². The van der Waals surface area contributed by atoms with Gasteiger partial charge in [-0.3, -0.25) is 4.79 Å². The lowest BCUT2D eigenvalue weighted by molar-refractivity contribution is -0.115. The molecule has 1 amide bonds. The van der Waals surface area contributed by atoms with Gasteiger partial charge in [0.25, 0.3) is 0 Å². The maximum atomic E-state index is 11.5. The van der Waals surface area contributed by atoms with Crippen molar-refractivity contribution in [2.45, 2.75) is 19.9 Å². The van der Waals surface area contributed by atoms with Gasteiger partial charge in [-0.15, -0.1) is 0 Å². The van der Waals surface area contributed by atoms with Gasteiger partial charge in [0, 0.05) is 15.5 Å². The van der Waals surface area contributed by atoms with E-state index in [1.54, 1.807) is 18.2 Å². The van der Waals surface area contributed by atoms with Crippen molar-refractivity contribution in [2.75, 3.05) is 11.9 Å². The molecule has 1 rings (SSSR count). The first kappa shape index (κ1) is 13.5. The number of carbonyl (C=O) groups excluding carboxylic acids is 1. The van der Waals surface area contributed by atoms with Gasteiger partial charge < -0.3 is 10.6 Å². The zero-order chi connectivity index (χ0) is 12.1. The predicted octanol–water partition coefficient (Wildman–Crippen LogP) is 3.04. The van der Waals surface area contributed by atoms with Crippen molar-refractivity contribution in [1.82, 2.24) is 5.32 Å². The standard InChI is InChI=1S/C11H14BrClN2O/c1-7(2)14-6-11(16)15-10-4-3-8(13)5-9(10)12/h3-5,7,14H,6H2,1-2H3,(H,15,16). The Bertz CT molecular complexity index is 382. The van der Waals surface area contributed by atoms with E-state index in [1.807, 2.05) is 13.8 Å². The zero-order valence-corrected chi connectivity index (χ0v) is 11.5. The molecule has 2 N–H and O–H groups in total. The molecular formula is C11H14BrClN2O. The molecule has 0 heterocycles. The van der Waals surface area contributed by atoms with Crippen LogP contribution in [-0.2, 0) is 4.79 Å². The average molecular weight is 306 g/mol. The number of anilines is 1. The summed E-state index contributed by atoms with van der Waals surface area (Å²) >= 11 is 9.14. The van der Waals surface area contributed by atoms with E-state index >= 15 is 0 Å². The molecule has 1 aromatic carbocycles. The summed E-state index contributed by atoms with van der Waals surface area (Å²) in [4.78, 5) is 11.5. The highest BCUT2D eigenvalue weighted by atomic mass is 79.9. The van der Waals surface area contributed by atoms with Crippen LogP contribution >= 0.6 is 27.5 Å². The number of carbonyl (C=O) groups is 1. The molecule has 0 aromatic heterocycles. The van der Waals surface area contributed by atoms with E-state index in [-0.39, 0.29) is 5.91 Å². The van der Waals surface area contributed by atoms with Crippen LogP contribution in [0.25, 0.3) is 0 Å². The summed E-state index contributed by atoms with van der Waals surface area (Å²) < 4.78 is 0.776. The highest BCUT2D eigenvalue weighted by Crippen LogP contribution is 2.25. The Balaban J connectivity index is 2.56. The summed E-state index contributed by atoms with van der Waals surface area (Å²) in [6, 6.07) is 5.53. The molecule has 0 saturated heterocycles. The summed E-state index contributed by atoms with van der Waals surface area (Å²) in [5, 5.41) is 6.46. The Hall–Kier alpha value is -0.580. The number of nitrogens with one attached hydrogen (secondary N) is 2. The minimum atomic E-state index is -0.0725. The number of hydrogen-bond acceptors (Lipinski definition) is 2. The average Bonchev–Trinajstić information content (AvgIpc) is 2.19. The minimum Gasteiger partial charge on any atom is -0.324 e. The normalized spacial score (nSPS) is 10.6. The van der Waals surface area contributed by atoms with Crippen LogP contribution < -0.4 is 10.6 Å². The number of halogens is 2. The summed E-state index contributed by atoms with van der Waals surface area (Å²) in [6.07, 6.45) is 0. The third-order valence-corrected chi connectivity index (χ3v) is 2.77. The van der Waals surface area contributed by atoms with Crippen LogP contribution in [0.15, 0.2) is 22.7 Å². The molecule has 0 aliphatic carbocycles. The van der Waals surface area contributed by atoms with Crippen molar-refractivity contribution in [3.05, 3.63) is 27.7 Å². The van der Waals surface area contributed by atoms with E-state index in [1.165, 1.54) is 0 Å². The molecule has 0 unspecified atom stereocenters. The van der Waals surface area contributed by atoms with Crippen LogP contribution in [0.3, 0.4) is 0 Å². The third-order valence-electron chi connectivity index (χ3n) is 1.88. The molecule has 0 fully saturated rings. The molecule has 16 heavy (non-hydrogen) atoms. The third kappa shape index (κ3) is 4.51. The van der Waals surface area contributed by atoms with Crippen molar-refractivity contribution in [3.8, 4) is 0 Å². The molecule has 0 spiro atoms. The van der Waals surface area contributed by atoms with Crippen molar-refractivity contribution >= 4 is 39.1 Å². The Morgan fingerprint density at radius 3 is 2.75 bits per heavy atom. The molecule has 1 aromatic rings. The fraction of sp³-hybridized carbons (Fsp3) is 0.364. The zero-order valence-electron chi connectivity index (χ0n) is 9.18. The molecule has 0 atom stereocenters. The van der Waals surface area contributed by atoms with Gasteiger partial charge in [0.15, 0.2) is 0 Å². The van der Waals surface area contributed by atoms with Crippen LogP contribution in [0.5, 0.6) is 0 Å². The molecule has 0 aliphatic rings. The van der Waals surface area contributed by atoms with E-state index in [2.05, 4.69) is 26.6 Å². The van der Waals surface area contributed by atoms with E-state index in [0.717, 1.165) is 10.2 Å². The van der Waals surface area contributed by atoms with Crippen LogP contribution in [0.1, 0.15) is 13.8 Å². The van der Waals surface area contributed by atoms with Crippen LogP contribution in [0.2, 0.25) is 5.02 Å². The second kappa shape index (κ2) is 6.23. The summed E-state index contributed by atoms with van der Waals surface area (Å²) in [6.45, 7) is 4.28. The van der Waals surface area contributed by atoms with Crippen molar-refractivity contribution < 1.29 is 4.79 Å². The minimum absolute atomic E-state index is 0.0725. The van der Waals surface area contributed by atoms with Crippen LogP contribution in [0, 0.1) is 0 Å². The maximum absolute atomic E-state index is 11.5. The van der Waals surface area contributed by atoms with E-state index in [0.29, 0.717) is 17.6 Å². The quantitative estimate of drug-likeness (QED) is 0.898. The highest BCUT2D eigenvalue weighted by molar-refractivity contribution is 9.10. The number of amides is 1. The molecular weight excluding hydrogens is 291 g/mol. The topological polar surface area (TPSA) is 41.1 Å². The van der Waals surface area contributed by atoms with Crippen LogP contribution in [-0.4, -0.2) is 18.5 Å². The lowest BCUT2D eigenvalue weighted by Crippen LogP contribution is -2.32. The number of benzene rings is 1. The van der Waals surface area contributed by atoms with Gasteiger partial charge in [0.05, 0.1) is 12.2 Å². The molecule has 5 heteroatoms. The Morgan fingerprint density at radius 2 is 2.19 bits per heavy atom. The largest absolute Gasteiger partial charge is 0.324 e. The van der Waals surface area contributed by atoms with Gasteiger partial charge in [0.1, 0.15) is 0 Å². The fourth-order valence-corrected chi connectivity index (χ4v) is 1.86. The summed E-state index contributed by atoms with van der Waals surface area (Å²) in [5.41, 5.74) is 0.722. The van der Waals surface area contributed by atoms with Crippen molar-refractivity contribution in [1.29, 1.82) is 0 Å². The smallest absolute Gasteiger partial charge is 0.238 e. The first-order chi connectivity index (χ1) is 7.49. The van der Waals surface area contributed by atoms with Gasteiger partial charge in [-0.1, -0.05) is 25.4 Å². The number of rotatable bonds is 4. The summed E-state index contributed by atoms with van der Waals surface area (Å²) in [7, 11) is 0. The van der Waals surface area contributed by atoms with Gasteiger partial charge in [0.2, 0.25) is 5.91 Å². The van der Waals surface area contributed by atoms with Crippen molar-refractivity contribution in [3.63, 3.8) is 0 Å². The first-order valence-electron chi connectivity index (χ1n) is 4.97. The lowest BCUT2D eigenvalue weighted by Gasteiger charge is -2.10. The Kier molecular flexibility index (Phi) is 5.25. The predicted molar refractivity (Wildman–Crippen MR) is 70.9 cm³/mol. The molecule has 88 valence electrons. The van der Waals surface area contributed by atoms with E-state index < -0.39 is 0 Å². The monoisotopic (exact) mass is 304 g/mol. The first-order valence-corrected chi connectivity index (χ1v) is 6.14. The second-order valence-electron chi connectivity index (χ2n) is 3.71. The Morgan fingerprint density at radius 1 is 1.50 bits per heavy atom. The second-order valence-corrected chi connectivity index (χ2v) is 5.00. The fourth-order valence-electron chi connectivity index (χ4n) is 1.08.